The molecule has 3 aromatic carbocycles. The number of nitrogens with one attached hydrogen (secondary N) is 1. The van der Waals surface area contributed by atoms with Crippen molar-refractivity contribution in [2.24, 2.45) is 0 Å². The first kappa shape index (κ1) is 26.2. The fraction of sp³-hybridized carbons (Fsp3) is 0.394. The lowest BCUT2D eigenvalue weighted by molar-refractivity contribution is 0.0975. The summed E-state index contributed by atoms with van der Waals surface area (Å²) < 4.78 is 29.7. The lowest BCUT2D eigenvalue weighted by Crippen LogP contribution is -2.25. The van der Waals surface area contributed by atoms with E-state index < -0.39 is 11.2 Å². The van der Waals surface area contributed by atoms with Gasteiger partial charge in [0.25, 0.3) is 0 Å². The van der Waals surface area contributed by atoms with Crippen LogP contribution in [0, 0.1) is 5.82 Å². The van der Waals surface area contributed by atoms with Gasteiger partial charge in [-0.1, -0.05) is 24.3 Å². The Balaban J connectivity index is 1.33. The molecule has 0 amide bonds. The van der Waals surface area contributed by atoms with E-state index in [1.807, 2.05) is 41.0 Å². The van der Waals surface area contributed by atoms with Crippen molar-refractivity contribution in [1.82, 2.24) is 9.47 Å². The number of ketones is 1. The number of ether oxygens (including phenoxy) is 2. The van der Waals surface area contributed by atoms with Gasteiger partial charge in [-0.3, -0.25) is 9.59 Å². The van der Waals surface area contributed by atoms with Crippen molar-refractivity contribution < 1.29 is 18.7 Å². The number of benzene rings is 3. The van der Waals surface area contributed by atoms with Gasteiger partial charge in [0, 0.05) is 31.8 Å². The Morgan fingerprint density at radius 1 is 1.12 bits per heavy atom. The molecule has 41 heavy (non-hydrogen) atoms. The number of nitrogens with zero attached hydrogens (tertiary/aromatic N) is 2. The number of carbonyl (C=O) groups excluding carboxylic acids is 1. The van der Waals surface area contributed by atoms with Crippen LogP contribution in [-0.2, 0) is 4.74 Å². The number of hydrogen-bond donors (Lipinski definition) is 1. The minimum absolute atomic E-state index is 0.0108. The highest BCUT2D eigenvalue weighted by molar-refractivity contribution is 6.02. The van der Waals surface area contributed by atoms with Gasteiger partial charge >= 0.3 is 0 Å². The number of halogens is 1. The Bertz CT molecular complexity index is 1730. The van der Waals surface area contributed by atoms with Crippen LogP contribution in [0.15, 0.2) is 53.5 Å². The molecule has 3 aliphatic rings. The summed E-state index contributed by atoms with van der Waals surface area (Å²) in [5.41, 5.74) is 0.985. The minimum atomic E-state index is -0.591. The highest BCUT2D eigenvalue weighted by atomic mass is 19.1. The third-order valence-electron chi connectivity index (χ3n) is 8.94. The zero-order valence-corrected chi connectivity index (χ0v) is 23.2. The summed E-state index contributed by atoms with van der Waals surface area (Å²) in [5.74, 6) is -0.0133. The molecule has 4 heterocycles. The van der Waals surface area contributed by atoms with E-state index in [4.69, 9.17) is 9.47 Å². The van der Waals surface area contributed by atoms with Crippen LogP contribution in [0.4, 0.5) is 10.1 Å². The van der Waals surface area contributed by atoms with Crippen molar-refractivity contribution in [1.29, 1.82) is 0 Å². The molecule has 2 atom stereocenters. The Kier molecular flexibility index (Phi) is 6.75. The van der Waals surface area contributed by atoms with E-state index in [2.05, 4.69) is 17.3 Å². The number of carbonyl (C=O) groups is 1. The summed E-state index contributed by atoms with van der Waals surface area (Å²) in [7, 11) is 2.12. The first-order valence-corrected chi connectivity index (χ1v) is 14.7. The molecule has 0 spiro atoms. The summed E-state index contributed by atoms with van der Waals surface area (Å²) in [6.07, 6.45) is 7.74. The average molecular weight is 556 g/mol. The van der Waals surface area contributed by atoms with Gasteiger partial charge in [-0.05, 0) is 81.1 Å². The summed E-state index contributed by atoms with van der Waals surface area (Å²) in [6.45, 7) is 2.22. The summed E-state index contributed by atoms with van der Waals surface area (Å²) in [5, 5.41) is 5.31. The Hall–Kier alpha value is -3.75. The Morgan fingerprint density at radius 2 is 1.95 bits per heavy atom. The van der Waals surface area contributed by atoms with Crippen LogP contribution >= 0.6 is 0 Å². The summed E-state index contributed by atoms with van der Waals surface area (Å²) >= 11 is 0. The van der Waals surface area contributed by atoms with E-state index in [0.717, 1.165) is 43.0 Å². The van der Waals surface area contributed by atoms with Gasteiger partial charge in [-0.25, -0.2) is 4.39 Å². The molecule has 3 aliphatic heterocycles. The SMILES string of the molecule is CN1CCCC1CCCC(=O)c1cn2c3c(c(NC[C@@H]4CCCO4)c(F)cc3c1=O)Oc1cc3ccccc3cc1-2. The molecule has 8 heteroatoms. The van der Waals surface area contributed by atoms with E-state index in [1.54, 1.807) is 6.20 Å². The first-order valence-electron chi connectivity index (χ1n) is 14.7. The van der Waals surface area contributed by atoms with Crippen LogP contribution in [0.2, 0.25) is 0 Å². The van der Waals surface area contributed by atoms with Crippen molar-refractivity contribution in [2.45, 2.75) is 57.1 Å². The van der Waals surface area contributed by atoms with Crippen molar-refractivity contribution in [3.63, 3.8) is 0 Å². The molecule has 7 nitrogen and oxygen atoms in total. The normalized spacial score (nSPS) is 20.0. The van der Waals surface area contributed by atoms with E-state index >= 15 is 4.39 Å². The predicted molar refractivity (Wildman–Crippen MR) is 158 cm³/mol. The fourth-order valence-corrected chi connectivity index (χ4v) is 6.66. The molecule has 0 saturated carbocycles. The molecular formula is C33H34FN3O4. The van der Waals surface area contributed by atoms with Gasteiger partial charge in [-0.15, -0.1) is 0 Å². The van der Waals surface area contributed by atoms with Crippen molar-refractivity contribution in [3.8, 4) is 17.2 Å². The van der Waals surface area contributed by atoms with Gasteiger partial charge in [0.2, 0.25) is 0 Å². The molecule has 1 N–H and O–H groups in total. The second-order valence-corrected chi connectivity index (χ2v) is 11.6. The molecule has 1 unspecified atom stereocenters. The lowest BCUT2D eigenvalue weighted by Gasteiger charge is -2.27. The lowest BCUT2D eigenvalue weighted by atomic mass is 9.99. The third-order valence-corrected chi connectivity index (χ3v) is 8.94. The molecule has 1 aromatic heterocycles. The maximum atomic E-state index is 15.7. The molecule has 2 fully saturated rings. The standard InChI is InChI=1S/C33H34FN3O4/c1-36-13-5-10-22(36)9-4-12-28(38)25-19-37-27-15-20-7-2-3-8-21(20)16-29(27)41-33-30(35-18-23-11-6-14-40-23)26(34)17-24(31(33)37)32(25)39/h2-3,7-8,15-17,19,22-23,35H,4-6,9-14,18H2,1H3/t22?,23-/m0/s1. The predicted octanol–water partition coefficient (Wildman–Crippen LogP) is 6.43. The van der Waals surface area contributed by atoms with Crippen LogP contribution in [0.25, 0.3) is 27.4 Å². The highest BCUT2D eigenvalue weighted by Crippen LogP contribution is 2.46. The Labute approximate surface area is 237 Å². The highest BCUT2D eigenvalue weighted by Gasteiger charge is 2.30. The van der Waals surface area contributed by atoms with Crippen LogP contribution in [-0.4, -0.2) is 54.1 Å². The maximum absolute atomic E-state index is 15.7. The average Bonchev–Trinajstić information content (AvgIpc) is 3.64. The fourth-order valence-electron chi connectivity index (χ4n) is 6.66. The van der Waals surface area contributed by atoms with Gasteiger partial charge in [0.05, 0.1) is 22.7 Å². The molecule has 0 radical (unpaired) electrons. The third kappa shape index (κ3) is 4.69. The molecule has 7 rings (SSSR count). The zero-order chi connectivity index (χ0) is 28.1. The van der Waals surface area contributed by atoms with Gasteiger partial charge in [0.1, 0.15) is 11.2 Å². The summed E-state index contributed by atoms with van der Waals surface area (Å²) in [4.78, 5) is 29.6. The number of fused-ring (bicyclic) bond motifs is 3. The van der Waals surface area contributed by atoms with Crippen LogP contribution in [0.3, 0.4) is 0 Å². The molecular weight excluding hydrogens is 521 g/mol. The van der Waals surface area contributed by atoms with Gasteiger partial charge < -0.3 is 24.3 Å². The number of likely N-dealkylation sites (tertiary alicyclic amines) is 1. The number of pyridine rings is 1. The molecule has 0 aliphatic carbocycles. The monoisotopic (exact) mass is 555 g/mol. The topological polar surface area (TPSA) is 72.8 Å². The number of anilines is 1. The number of Topliss-reactive ketones (excluding diaryl/α,β-unsaturated/α-hetero) is 1. The smallest absolute Gasteiger partial charge is 0.200 e. The summed E-state index contributed by atoms with van der Waals surface area (Å²) in [6, 6.07) is 13.6. The maximum Gasteiger partial charge on any atom is 0.200 e. The van der Waals surface area contributed by atoms with Crippen LogP contribution in [0.1, 0.15) is 55.3 Å². The molecule has 212 valence electrons. The van der Waals surface area contributed by atoms with E-state index in [9.17, 15) is 9.59 Å². The van der Waals surface area contributed by atoms with Gasteiger partial charge in [-0.2, -0.15) is 0 Å². The second-order valence-electron chi connectivity index (χ2n) is 11.6. The van der Waals surface area contributed by atoms with E-state index in [1.165, 1.54) is 12.5 Å². The second kappa shape index (κ2) is 10.6. The van der Waals surface area contributed by atoms with Gasteiger partial charge in [0.15, 0.2) is 28.5 Å². The largest absolute Gasteiger partial charge is 0.451 e. The van der Waals surface area contributed by atoms with Crippen molar-refractivity contribution in [2.75, 3.05) is 32.1 Å². The van der Waals surface area contributed by atoms with Crippen LogP contribution < -0.4 is 15.5 Å². The quantitative estimate of drug-likeness (QED) is 0.223. The minimum Gasteiger partial charge on any atom is -0.451 e. The Morgan fingerprint density at radius 3 is 2.71 bits per heavy atom. The van der Waals surface area contributed by atoms with Crippen LogP contribution in [0.5, 0.6) is 11.5 Å². The number of hydrogen-bond acceptors (Lipinski definition) is 6. The first-order chi connectivity index (χ1) is 20.0. The zero-order valence-electron chi connectivity index (χ0n) is 23.2. The van der Waals surface area contributed by atoms with E-state index in [-0.39, 0.29) is 40.7 Å². The van der Waals surface area contributed by atoms with Crippen molar-refractivity contribution >= 4 is 33.1 Å². The van der Waals surface area contributed by atoms with Crippen molar-refractivity contribution in [3.05, 3.63) is 70.3 Å². The van der Waals surface area contributed by atoms with E-state index in [0.29, 0.717) is 42.6 Å². The molecule has 4 aromatic rings. The number of rotatable bonds is 8. The number of aromatic nitrogens is 1. The molecule has 0 bridgehead atoms. The molecule has 2 saturated heterocycles.